The summed E-state index contributed by atoms with van der Waals surface area (Å²) in [5.41, 5.74) is -1.16. The fraction of sp³-hybridized carbons (Fsp3) is 0.750. The maximum absolute atomic E-state index is 12.2. The van der Waals surface area contributed by atoms with E-state index in [9.17, 15) is 19.5 Å². The molecule has 3 N–H and O–H groups in total. The third kappa shape index (κ3) is 2.50. The molecule has 1 unspecified atom stereocenters. The SMILES string of the molecule is CC1C(=O)NCCN1C(=O)NC1(C(=O)O)CCCC1. The van der Waals surface area contributed by atoms with Crippen LogP contribution in [0, 0.1) is 0 Å². The lowest BCUT2D eigenvalue weighted by molar-refractivity contribution is -0.144. The van der Waals surface area contributed by atoms with Crippen molar-refractivity contribution in [2.24, 2.45) is 0 Å². The molecular formula is C12H19N3O4. The Morgan fingerprint density at radius 3 is 2.63 bits per heavy atom. The molecular weight excluding hydrogens is 250 g/mol. The van der Waals surface area contributed by atoms with Gasteiger partial charge >= 0.3 is 12.0 Å². The summed E-state index contributed by atoms with van der Waals surface area (Å²) in [6.45, 7) is 2.43. The summed E-state index contributed by atoms with van der Waals surface area (Å²) >= 11 is 0. The molecule has 0 aromatic carbocycles. The van der Waals surface area contributed by atoms with Gasteiger partial charge in [0.25, 0.3) is 0 Å². The van der Waals surface area contributed by atoms with E-state index >= 15 is 0 Å². The number of nitrogens with one attached hydrogen (secondary N) is 2. The molecule has 1 atom stereocenters. The Hall–Kier alpha value is -1.79. The Bertz CT molecular complexity index is 404. The molecule has 0 spiro atoms. The van der Waals surface area contributed by atoms with Crippen molar-refractivity contribution in [3.8, 4) is 0 Å². The molecule has 0 radical (unpaired) electrons. The zero-order valence-corrected chi connectivity index (χ0v) is 10.9. The standard InChI is InChI=1S/C12H19N3O4/c1-8-9(16)13-6-7-15(8)11(19)14-12(10(17)18)4-2-3-5-12/h8H,2-7H2,1H3,(H,13,16)(H,14,19)(H,17,18). The quantitative estimate of drug-likeness (QED) is 0.652. The van der Waals surface area contributed by atoms with Crippen molar-refractivity contribution in [1.82, 2.24) is 15.5 Å². The molecule has 0 aromatic rings. The molecule has 1 saturated heterocycles. The largest absolute Gasteiger partial charge is 0.480 e. The Morgan fingerprint density at radius 1 is 1.42 bits per heavy atom. The molecule has 7 nitrogen and oxygen atoms in total. The van der Waals surface area contributed by atoms with Gasteiger partial charge in [-0.1, -0.05) is 12.8 Å². The van der Waals surface area contributed by atoms with Crippen molar-refractivity contribution in [3.63, 3.8) is 0 Å². The maximum Gasteiger partial charge on any atom is 0.329 e. The van der Waals surface area contributed by atoms with Crippen LogP contribution in [-0.4, -0.2) is 52.6 Å². The van der Waals surface area contributed by atoms with Gasteiger partial charge in [-0.3, -0.25) is 4.79 Å². The summed E-state index contributed by atoms with van der Waals surface area (Å²) in [6, 6.07) is -1.03. The zero-order chi connectivity index (χ0) is 14.0. The summed E-state index contributed by atoms with van der Waals surface area (Å²) in [5, 5.41) is 14.6. The van der Waals surface area contributed by atoms with E-state index in [1.807, 2.05) is 0 Å². The predicted octanol–water partition coefficient (Wildman–Crippen LogP) is -0.0863. The van der Waals surface area contributed by atoms with Crippen LogP contribution in [0.2, 0.25) is 0 Å². The van der Waals surface area contributed by atoms with Crippen LogP contribution < -0.4 is 10.6 Å². The third-order valence-corrected chi connectivity index (χ3v) is 3.97. The summed E-state index contributed by atoms with van der Waals surface area (Å²) in [6.07, 6.45) is 2.48. The maximum atomic E-state index is 12.2. The van der Waals surface area contributed by atoms with Crippen LogP contribution in [0.5, 0.6) is 0 Å². The topological polar surface area (TPSA) is 98.7 Å². The van der Waals surface area contributed by atoms with E-state index in [0.717, 1.165) is 12.8 Å². The average molecular weight is 269 g/mol. The van der Waals surface area contributed by atoms with E-state index in [0.29, 0.717) is 25.9 Å². The van der Waals surface area contributed by atoms with Gasteiger partial charge in [0.05, 0.1) is 0 Å². The fourth-order valence-corrected chi connectivity index (χ4v) is 2.71. The molecule has 0 bridgehead atoms. The predicted molar refractivity (Wildman–Crippen MR) is 66.5 cm³/mol. The second kappa shape index (κ2) is 5.07. The molecule has 1 aliphatic carbocycles. The van der Waals surface area contributed by atoms with Crippen LogP contribution in [0.1, 0.15) is 32.6 Å². The van der Waals surface area contributed by atoms with E-state index < -0.39 is 23.6 Å². The fourth-order valence-electron chi connectivity index (χ4n) is 2.71. The number of carbonyl (C=O) groups excluding carboxylic acids is 2. The van der Waals surface area contributed by atoms with Crippen LogP contribution >= 0.6 is 0 Å². The first-order chi connectivity index (χ1) is 8.96. The minimum atomic E-state index is -1.16. The van der Waals surface area contributed by atoms with Crippen LogP contribution in [0.3, 0.4) is 0 Å². The number of amides is 3. The number of rotatable bonds is 2. The van der Waals surface area contributed by atoms with Gasteiger partial charge in [0.15, 0.2) is 0 Å². The lowest BCUT2D eigenvalue weighted by atomic mass is 9.98. The number of hydrogen-bond donors (Lipinski definition) is 3. The van der Waals surface area contributed by atoms with Crippen molar-refractivity contribution in [2.45, 2.75) is 44.2 Å². The molecule has 19 heavy (non-hydrogen) atoms. The average Bonchev–Trinajstić information content (AvgIpc) is 2.82. The number of piperazine rings is 1. The number of nitrogens with zero attached hydrogens (tertiary/aromatic N) is 1. The highest BCUT2D eigenvalue weighted by Crippen LogP contribution is 2.30. The van der Waals surface area contributed by atoms with Crippen LogP contribution in [0.15, 0.2) is 0 Å². The normalized spacial score (nSPS) is 25.8. The highest BCUT2D eigenvalue weighted by atomic mass is 16.4. The number of carboxylic acids is 1. The summed E-state index contributed by atoms with van der Waals surface area (Å²) < 4.78 is 0. The Balaban J connectivity index is 2.07. The lowest BCUT2D eigenvalue weighted by Gasteiger charge is -2.35. The van der Waals surface area contributed by atoms with E-state index in [1.54, 1.807) is 6.92 Å². The summed E-state index contributed by atoms with van der Waals surface area (Å²) in [5.74, 6) is -1.20. The Morgan fingerprint density at radius 2 is 2.05 bits per heavy atom. The number of urea groups is 1. The van der Waals surface area contributed by atoms with Gasteiger partial charge in [0.2, 0.25) is 5.91 Å². The van der Waals surface area contributed by atoms with Crippen molar-refractivity contribution in [2.75, 3.05) is 13.1 Å². The monoisotopic (exact) mass is 269 g/mol. The zero-order valence-electron chi connectivity index (χ0n) is 10.9. The first kappa shape index (κ1) is 13.6. The van der Waals surface area contributed by atoms with Gasteiger partial charge in [-0.15, -0.1) is 0 Å². The number of carbonyl (C=O) groups is 3. The first-order valence-corrected chi connectivity index (χ1v) is 6.56. The molecule has 1 aliphatic heterocycles. The minimum Gasteiger partial charge on any atom is -0.480 e. The van der Waals surface area contributed by atoms with E-state index in [2.05, 4.69) is 10.6 Å². The molecule has 106 valence electrons. The van der Waals surface area contributed by atoms with Gasteiger partial charge in [0, 0.05) is 13.1 Å². The molecule has 2 aliphatic rings. The van der Waals surface area contributed by atoms with Crippen LogP contribution in [0.25, 0.3) is 0 Å². The van der Waals surface area contributed by atoms with Crippen LogP contribution in [0.4, 0.5) is 4.79 Å². The lowest BCUT2D eigenvalue weighted by Crippen LogP contribution is -2.62. The molecule has 0 aromatic heterocycles. The number of hydrogen-bond acceptors (Lipinski definition) is 3. The molecule has 2 rings (SSSR count). The van der Waals surface area contributed by atoms with E-state index in [-0.39, 0.29) is 5.91 Å². The number of carboxylic acid groups (broad SMARTS) is 1. The van der Waals surface area contributed by atoms with E-state index in [1.165, 1.54) is 4.90 Å². The second-order valence-corrected chi connectivity index (χ2v) is 5.18. The van der Waals surface area contributed by atoms with Gasteiger partial charge in [-0.05, 0) is 19.8 Å². The summed E-state index contributed by atoms with van der Waals surface area (Å²) in [7, 11) is 0. The Labute approximate surface area is 111 Å². The molecule has 3 amide bonds. The van der Waals surface area contributed by atoms with Crippen LogP contribution in [-0.2, 0) is 9.59 Å². The minimum absolute atomic E-state index is 0.211. The van der Waals surface area contributed by atoms with Crippen molar-refractivity contribution in [3.05, 3.63) is 0 Å². The van der Waals surface area contributed by atoms with Gasteiger partial charge in [-0.2, -0.15) is 0 Å². The molecule has 1 heterocycles. The molecule has 1 saturated carbocycles. The van der Waals surface area contributed by atoms with Crippen molar-refractivity contribution in [1.29, 1.82) is 0 Å². The molecule has 7 heteroatoms. The Kier molecular flexibility index (Phi) is 3.64. The highest BCUT2D eigenvalue weighted by molar-refractivity contribution is 5.91. The van der Waals surface area contributed by atoms with Gasteiger partial charge < -0.3 is 20.6 Å². The van der Waals surface area contributed by atoms with Gasteiger partial charge in [0.1, 0.15) is 11.6 Å². The highest BCUT2D eigenvalue weighted by Gasteiger charge is 2.44. The van der Waals surface area contributed by atoms with Gasteiger partial charge in [-0.25, -0.2) is 9.59 Å². The number of aliphatic carboxylic acids is 1. The first-order valence-electron chi connectivity index (χ1n) is 6.56. The smallest absolute Gasteiger partial charge is 0.329 e. The van der Waals surface area contributed by atoms with Crippen molar-refractivity contribution >= 4 is 17.9 Å². The second-order valence-electron chi connectivity index (χ2n) is 5.18. The summed E-state index contributed by atoms with van der Waals surface area (Å²) in [4.78, 5) is 36.5. The van der Waals surface area contributed by atoms with Crippen molar-refractivity contribution < 1.29 is 19.5 Å². The van der Waals surface area contributed by atoms with E-state index in [4.69, 9.17) is 0 Å². The molecule has 2 fully saturated rings. The third-order valence-electron chi connectivity index (χ3n) is 3.97.